The Balaban J connectivity index is 0. The van der Waals surface area contributed by atoms with Crippen molar-refractivity contribution < 1.29 is 25.4 Å². The van der Waals surface area contributed by atoms with Crippen molar-refractivity contribution in [2.24, 2.45) is 0 Å². The van der Waals surface area contributed by atoms with Gasteiger partial charge in [0.15, 0.2) is 0 Å². The third-order valence-corrected chi connectivity index (χ3v) is 2.03. The van der Waals surface area contributed by atoms with Gasteiger partial charge in [0, 0.05) is 0 Å². The maximum absolute atomic E-state index is 9.46. The van der Waals surface area contributed by atoms with E-state index in [1.807, 2.05) is 6.07 Å². The predicted molar refractivity (Wildman–Crippen MR) is 52.6 cm³/mol. The summed E-state index contributed by atoms with van der Waals surface area (Å²) in [6.07, 6.45) is 3.31. The molecule has 0 aliphatic carbocycles. The largest absolute Gasteiger partial charge is 1.00 e. The molecule has 0 radical (unpaired) electrons. The van der Waals surface area contributed by atoms with Gasteiger partial charge in [-0.15, -0.1) is 0 Å². The van der Waals surface area contributed by atoms with Crippen LogP contribution in [0.2, 0.25) is 0 Å². The monoisotopic (exact) mass is 172 g/mol. The van der Waals surface area contributed by atoms with Crippen LogP contribution in [0.25, 0.3) is 0 Å². The molecule has 0 fully saturated rings. The second-order valence-corrected chi connectivity index (χ2v) is 3.24. The molecule has 13 heavy (non-hydrogen) atoms. The summed E-state index contributed by atoms with van der Waals surface area (Å²) < 4.78 is 0. The van der Waals surface area contributed by atoms with Gasteiger partial charge in [-0.1, -0.05) is 31.0 Å². The summed E-state index contributed by atoms with van der Waals surface area (Å²) in [4.78, 5) is 0. The van der Waals surface area contributed by atoms with Crippen LogP contribution in [0.3, 0.4) is 0 Å². The number of phenols is 1. The zero-order valence-corrected chi connectivity index (χ0v) is 8.80. The number of benzene rings is 1. The van der Waals surface area contributed by atoms with E-state index in [0.717, 1.165) is 18.4 Å². The first-order valence-corrected chi connectivity index (χ1v) is 4.52. The Morgan fingerprint density at radius 3 is 2.69 bits per heavy atom. The first kappa shape index (κ1) is 12.6. The van der Waals surface area contributed by atoms with Gasteiger partial charge in [0.05, 0.1) is 0 Å². The van der Waals surface area contributed by atoms with Gasteiger partial charge in [0.2, 0.25) is 0 Å². The maximum atomic E-state index is 9.46. The second-order valence-electron chi connectivity index (χ2n) is 3.24. The molecule has 0 saturated heterocycles. The number of phenolic OH excluding ortho intramolecular Hbond substituents is 1. The number of unbranched alkanes of at least 4 members (excludes halogenated alkanes) is 1. The van der Waals surface area contributed by atoms with Crippen LogP contribution in [-0.2, 0) is 6.42 Å². The molecule has 1 aromatic carbocycles. The molecule has 0 aromatic heterocycles. The topological polar surface area (TPSA) is 20.2 Å². The van der Waals surface area contributed by atoms with Gasteiger partial charge in [-0.3, -0.25) is 0 Å². The van der Waals surface area contributed by atoms with Crippen LogP contribution in [0.4, 0.5) is 0 Å². The van der Waals surface area contributed by atoms with Crippen LogP contribution in [0.5, 0.6) is 5.75 Å². The second kappa shape index (κ2) is 6.13. The SMILES string of the molecule is CCCCc1cc(C)ccc1O.[H-].[Li+]. The standard InChI is InChI=1S/C11H16O.Li.H/c1-3-4-5-10-8-9(2)6-7-11(10)12;;/h6-8,12H,3-5H2,1-2H3;;/q;+1;-1. The van der Waals surface area contributed by atoms with Crippen molar-refractivity contribution in [3.8, 4) is 5.75 Å². The van der Waals surface area contributed by atoms with E-state index in [4.69, 9.17) is 0 Å². The molecule has 0 bridgehead atoms. The van der Waals surface area contributed by atoms with Crippen molar-refractivity contribution in [2.45, 2.75) is 33.1 Å². The van der Waals surface area contributed by atoms with E-state index in [1.54, 1.807) is 6.07 Å². The first-order chi connectivity index (χ1) is 5.74. The fourth-order valence-electron chi connectivity index (χ4n) is 1.28. The summed E-state index contributed by atoms with van der Waals surface area (Å²) in [7, 11) is 0. The molecule has 0 spiro atoms. The molecule has 0 aliphatic heterocycles. The third kappa shape index (κ3) is 3.89. The van der Waals surface area contributed by atoms with Gasteiger partial charge >= 0.3 is 18.9 Å². The van der Waals surface area contributed by atoms with Gasteiger partial charge in [-0.05, 0) is 31.4 Å². The number of aryl methyl sites for hydroxylation is 2. The zero-order chi connectivity index (χ0) is 8.97. The van der Waals surface area contributed by atoms with Crippen LogP contribution >= 0.6 is 0 Å². The molecule has 68 valence electrons. The van der Waals surface area contributed by atoms with Crippen molar-refractivity contribution in [2.75, 3.05) is 0 Å². The van der Waals surface area contributed by atoms with E-state index in [0.29, 0.717) is 5.75 Å². The minimum atomic E-state index is 0. The Morgan fingerprint density at radius 1 is 1.38 bits per heavy atom. The summed E-state index contributed by atoms with van der Waals surface area (Å²) in [5.74, 6) is 0.439. The number of rotatable bonds is 3. The first-order valence-electron chi connectivity index (χ1n) is 4.52. The van der Waals surface area contributed by atoms with E-state index < -0.39 is 0 Å². The molecule has 1 N–H and O–H groups in total. The minimum absolute atomic E-state index is 0. The smallest absolute Gasteiger partial charge is 1.00 e. The van der Waals surface area contributed by atoms with Crippen LogP contribution < -0.4 is 18.9 Å². The minimum Gasteiger partial charge on any atom is -1.00 e. The van der Waals surface area contributed by atoms with Crippen molar-refractivity contribution >= 4 is 0 Å². The fraction of sp³-hybridized carbons (Fsp3) is 0.455. The fourth-order valence-corrected chi connectivity index (χ4v) is 1.28. The van der Waals surface area contributed by atoms with Crippen molar-refractivity contribution in [1.29, 1.82) is 0 Å². The van der Waals surface area contributed by atoms with Crippen LogP contribution in [-0.4, -0.2) is 5.11 Å². The van der Waals surface area contributed by atoms with Gasteiger partial charge in [-0.25, -0.2) is 0 Å². The summed E-state index contributed by atoms with van der Waals surface area (Å²) >= 11 is 0. The van der Waals surface area contributed by atoms with E-state index in [1.165, 1.54) is 12.0 Å². The summed E-state index contributed by atoms with van der Waals surface area (Å²) in [5.41, 5.74) is 2.30. The van der Waals surface area contributed by atoms with Gasteiger partial charge < -0.3 is 6.53 Å². The Bertz CT molecular complexity index is 263. The quantitative estimate of drug-likeness (QED) is 0.644. The Morgan fingerprint density at radius 2 is 2.08 bits per heavy atom. The molecule has 0 amide bonds. The van der Waals surface area contributed by atoms with Gasteiger partial charge in [-0.2, -0.15) is 0 Å². The molecule has 1 aromatic rings. The predicted octanol–water partition coefficient (Wildman–Crippen LogP) is 0.160. The van der Waals surface area contributed by atoms with Gasteiger partial charge in [0.1, 0.15) is 5.75 Å². The number of aromatic hydroxyl groups is 1. The molecule has 2 heteroatoms. The normalized spacial score (nSPS) is 9.38. The van der Waals surface area contributed by atoms with E-state index in [9.17, 15) is 5.11 Å². The molecular weight excluding hydrogens is 155 g/mol. The van der Waals surface area contributed by atoms with E-state index in [-0.39, 0.29) is 20.3 Å². The van der Waals surface area contributed by atoms with Crippen molar-refractivity contribution in [3.05, 3.63) is 29.3 Å². The molecule has 1 rings (SSSR count). The van der Waals surface area contributed by atoms with Gasteiger partial charge in [0.25, 0.3) is 0 Å². The van der Waals surface area contributed by atoms with Crippen LogP contribution in [0, 0.1) is 6.92 Å². The zero-order valence-electron chi connectivity index (χ0n) is 9.80. The number of hydrogen-bond acceptors (Lipinski definition) is 1. The Hall–Kier alpha value is -0.383. The molecule has 0 saturated carbocycles. The summed E-state index contributed by atoms with van der Waals surface area (Å²) in [6, 6.07) is 5.77. The Labute approximate surface area is 93.8 Å². The number of hydrogen-bond donors (Lipinski definition) is 1. The maximum Gasteiger partial charge on any atom is 1.00 e. The van der Waals surface area contributed by atoms with Crippen molar-refractivity contribution in [3.63, 3.8) is 0 Å². The molecule has 1 nitrogen and oxygen atoms in total. The average molecular weight is 172 g/mol. The third-order valence-electron chi connectivity index (χ3n) is 2.03. The molecule has 0 aliphatic rings. The van der Waals surface area contributed by atoms with Crippen LogP contribution in [0.1, 0.15) is 32.3 Å². The van der Waals surface area contributed by atoms with Crippen molar-refractivity contribution in [1.82, 2.24) is 0 Å². The van der Waals surface area contributed by atoms with E-state index in [2.05, 4.69) is 19.9 Å². The summed E-state index contributed by atoms with van der Waals surface area (Å²) in [5, 5.41) is 9.46. The summed E-state index contributed by atoms with van der Waals surface area (Å²) in [6.45, 7) is 4.21. The Kier molecular flexibility index (Phi) is 5.95. The molecular formula is C11H17LiO. The molecule has 0 heterocycles. The van der Waals surface area contributed by atoms with Crippen LogP contribution in [0.15, 0.2) is 18.2 Å². The molecule has 0 unspecified atom stereocenters. The average Bonchev–Trinajstić information content (AvgIpc) is 2.07. The molecule has 0 atom stereocenters. The van der Waals surface area contributed by atoms with E-state index >= 15 is 0 Å².